The van der Waals surface area contributed by atoms with Crippen LogP contribution >= 0.6 is 22.9 Å². The molecule has 2 atom stereocenters. The summed E-state index contributed by atoms with van der Waals surface area (Å²) in [5, 5.41) is 18.8. The van der Waals surface area contributed by atoms with E-state index in [2.05, 4.69) is 0 Å². The Balaban J connectivity index is 2.03. The Labute approximate surface area is 125 Å². The monoisotopic (exact) mass is 318 g/mol. The quantitative estimate of drug-likeness (QED) is 0.850. The maximum absolute atomic E-state index is 12.2. The van der Waals surface area contributed by atoms with Crippen LogP contribution in [-0.4, -0.2) is 70.7 Å². The Bertz CT molecular complexity index is 521. The van der Waals surface area contributed by atoms with Gasteiger partial charge in [-0.15, -0.1) is 11.3 Å². The van der Waals surface area contributed by atoms with Gasteiger partial charge >= 0.3 is 5.97 Å². The number of hydrogen-bond acceptors (Lipinski definition) is 5. The van der Waals surface area contributed by atoms with Crippen LogP contribution in [0.1, 0.15) is 9.67 Å². The molecule has 0 saturated carbocycles. The minimum absolute atomic E-state index is 0.172. The van der Waals surface area contributed by atoms with Gasteiger partial charge in [-0.25, -0.2) is 0 Å². The van der Waals surface area contributed by atoms with Crippen LogP contribution in [-0.2, 0) is 4.79 Å². The molecule has 1 unspecified atom stereocenters. The van der Waals surface area contributed by atoms with Crippen molar-refractivity contribution in [2.24, 2.45) is 0 Å². The number of nitrogens with zero attached hydrogens (tertiary/aromatic N) is 2. The van der Waals surface area contributed by atoms with E-state index >= 15 is 0 Å². The van der Waals surface area contributed by atoms with Gasteiger partial charge < -0.3 is 15.1 Å². The minimum atomic E-state index is -0.963. The lowest BCUT2D eigenvalue weighted by Gasteiger charge is -2.24. The maximum atomic E-state index is 12.2. The van der Waals surface area contributed by atoms with Gasteiger partial charge in [0.05, 0.1) is 27.9 Å². The van der Waals surface area contributed by atoms with Crippen LogP contribution in [0.4, 0.5) is 0 Å². The van der Waals surface area contributed by atoms with Gasteiger partial charge in [-0.05, 0) is 19.2 Å². The van der Waals surface area contributed by atoms with Gasteiger partial charge in [-0.3, -0.25) is 14.5 Å². The van der Waals surface area contributed by atoms with Crippen molar-refractivity contribution in [1.29, 1.82) is 0 Å². The fourth-order valence-electron chi connectivity index (χ4n) is 2.28. The predicted octanol–water partition coefficient (Wildman–Crippen LogP) is 0.603. The van der Waals surface area contributed by atoms with Crippen molar-refractivity contribution >= 4 is 34.8 Å². The van der Waals surface area contributed by atoms with E-state index in [-0.39, 0.29) is 25.0 Å². The summed E-state index contributed by atoms with van der Waals surface area (Å²) >= 11 is 6.99. The Morgan fingerprint density at radius 3 is 2.75 bits per heavy atom. The number of carboxylic acid groups (broad SMARTS) is 1. The van der Waals surface area contributed by atoms with Crippen molar-refractivity contribution in [2.75, 3.05) is 26.7 Å². The normalized spacial score (nSPS) is 22.5. The van der Waals surface area contributed by atoms with Crippen LogP contribution in [0, 0.1) is 0 Å². The van der Waals surface area contributed by atoms with Crippen molar-refractivity contribution < 1.29 is 19.8 Å². The molecule has 1 aliphatic rings. The van der Waals surface area contributed by atoms with Crippen LogP contribution in [0.25, 0.3) is 0 Å². The molecule has 0 spiro atoms. The zero-order chi connectivity index (χ0) is 14.9. The number of rotatable bonds is 4. The van der Waals surface area contributed by atoms with Gasteiger partial charge in [0.2, 0.25) is 0 Å². The van der Waals surface area contributed by atoms with E-state index in [1.54, 1.807) is 24.1 Å². The number of aliphatic hydroxyl groups is 1. The molecule has 1 aliphatic heterocycles. The van der Waals surface area contributed by atoms with Gasteiger partial charge in [-0.2, -0.15) is 0 Å². The highest BCUT2D eigenvalue weighted by Crippen LogP contribution is 2.25. The maximum Gasteiger partial charge on any atom is 0.317 e. The number of aliphatic hydroxyl groups excluding tert-OH is 1. The summed E-state index contributed by atoms with van der Waals surface area (Å²) in [5.74, 6) is -1.15. The first-order valence-corrected chi connectivity index (χ1v) is 7.22. The zero-order valence-corrected chi connectivity index (χ0v) is 12.4. The van der Waals surface area contributed by atoms with Gasteiger partial charge in [-0.1, -0.05) is 11.6 Å². The molecule has 8 heteroatoms. The number of carbonyl (C=O) groups is 2. The molecule has 0 bridgehead atoms. The average Bonchev–Trinajstić information content (AvgIpc) is 2.94. The summed E-state index contributed by atoms with van der Waals surface area (Å²) in [6.07, 6.45) is -0.751. The molecular weight excluding hydrogens is 304 g/mol. The second-order valence-corrected chi connectivity index (χ2v) is 6.47. The number of thiophene rings is 1. The van der Waals surface area contributed by atoms with Crippen LogP contribution in [0.5, 0.6) is 0 Å². The average molecular weight is 319 g/mol. The largest absolute Gasteiger partial charge is 0.480 e. The molecule has 20 heavy (non-hydrogen) atoms. The van der Waals surface area contributed by atoms with Crippen LogP contribution in [0.3, 0.4) is 0 Å². The van der Waals surface area contributed by atoms with E-state index in [0.717, 1.165) is 0 Å². The van der Waals surface area contributed by atoms with Crippen LogP contribution in [0.15, 0.2) is 12.1 Å². The Hall–Kier alpha value is -1.15. The molecule has 1 aromatic rings. The first-order chi connectivity index (χ1) is 9.38. The topological polar surface area (TPSA) is 81.1 Å². The van der Waals surface area contributed by atoms with E-state index in [1.807, 2.05) is 0 Å². The van der Waals surface area contributed by atoms with Crippen molar-refractivity contribution in [3.05, 3.63) is 21.3 Å². The number of carbonyl (C=O) groups excluding carboxylic acids is 1. The molecule has 2 rings (SSSR count). The molecule has 0 aromatic carbocycles. The molecule has 1 aromatic heterocycles. The molecule has 1 amide bonds. The third-order valence-corrected chi connectivity index (χ3v) is 4.50. The lowest BCUT2D eigenvalue weighted by atomic mass is 10.2. The van der Waals surface area contributed by atoms with Crippen molar-refractivity contribution in [3.8, 4) is 0 Å². The van der Waals surface area contributed by atoms with Crippen molar-refractivity contribution in [3.63, 3.8) is 0 Å². The van der Waals surface area contributed by atoms with E-state index in [1.165, 1.54) is 16.2 Å². The molecule has 2 N–H and O–H groups in total. The number of amides is 1. The number of β-amino-alcohol motifs (C(OH)–C–C–N with tert-alkyl or cyclic N) is 1. The summed E-state index contributed by atoms with van der Waals surface area (Å²) in [6.45, 7) is 0.330. The molecule has 1 fully saturated rings. The standard InChI is InChI=1S/C12H15ClN2O4S/c1-14(6-11(17)18)7-4-15(5-8(7)16)12(19)9-2-3-10(13)20-9/h2-3,7-8,16H,4-6H2,1H3,(H,17,18)/t7?,8-/m1/s1. The molecule has 2 heterocycles. The summed E-state index contributed by atoms with van der Waals surface area (Å²) in [5.41, 5.74) is 0. The fourth-order valence-corrected chi connectivity index (χ4v) is 3.30. The highest BCUT2D eigenvalue weighted by molar-refractivity contribution is 7.17. The number of likely N-dealkylation sites (tertiary alicyclic amines) is 1. The summed E-state index contributed by atoms with van der Waals surface area (Å²) in [7, 11) is 1.62. The summed E-state index contributed by atoms with van der Waals surface area (Å²) < 4.78 is 0.535. The molecule has 0 radical (unpaired) electrons. The molecule has 110 valence electrons. The highest BCUT2D eigenvalue weighted by atomic mass is 35.5. The number of likely N-dealkylation sites (N-methyl/N-ethyl adjacent to an activating group) is 1. The molecule has 6 nitrogen and oxygen atoms in total. The third-order valence-electron chi connectivity index (χ3n) is 3.28. The van der Waals surface area contributed by atoms with E-state index in [4.69, 9.17) is 16.7 Å². The summed E-state index contributed by atoms with van der Waals surface area (Å²) in [6, 6.07) is 2.93. The van der Waals surface area contributed by atoms with E-state index in [9.17, 15) is 14.7 Å². The first kappa shape index (κ1) is 15.2. The van der Waals surface area contributed by atoms with E-state index in [0.29, 0.717) is 15.8 Å². The zero-order valence-electron chi connectivity index (χ0n) is 10.8. The number of aliphatic carboxylic acids is 1. The smallest absolute Gasteiger partial charge is 0.317 e. The minimum Gasteiger partial charge on any atom is -0.480 e. The third kappa shape index (κ3) is 3.29. The Kier molecular flexibility index (Phi) is 4.64. The van der Waals surface area contributed by atoms with Gasteiger partial charge in [0.1, 0.15) is 0 Å². The molecule has 1 saturated heterocycles. The lowest BCUT2D eigenvalue weighted by molar-refractivity contribution is -0.138. The van der Waals surface area contributed by atoms with Crippen molar-refractivity contribution in [2.45, 2.75) is 12.1 Å². The SMILES string of the molecule is CN(CC(=O)O)C1CN(C(=O)c2ccc(Cl)s2)C[C@H]1O. The highest BCUT2D eigenvalue weighted by Gasteiger charge is 2.37. The van der Waals surface area contributed by atoms with Crippen LogP contribution in [0.2, 0.25) is 4.34 Å². The Morgan fingerprint density at radius 2 is 2.20 bits per heavy atom. The first-order valence-electron chi connectivity index (χ1n) is 6.03. The number of halogens is 1. The molecule has 0 aliphatic carbocycles. The van der Waals surface area contributed by atoms with Crippen LogP contribution < -0.4 is 0 Å². The predicted molar refractivity (Wildman–Crippen MR) is 75.3 cm³/mol. The van der Waals surface area contributed by atoms with Crippen molar-refractivity contribution in [1.82, 2.24) is 9.80 Å². The lowest BCUT2D eigenvalue weighted by Crippen LogP contribution is -2.43. The van der Waals surface area contributed by atoms with Gasteiger partial charge in [0.25, 0.3) is 5.91 Å². The molecular formula is C12H15ClN2O4S. The summed E-state index contributed by atoms with van der Waals surface area (Å²) in [4.78, 5) is 26.5. The van der Waals surface area contributed by atoms with Gasteiger partial charge in [0, 0.05) is 13.1 Å². The fraction of sp³-hybridized carbons (Fsp3) is 0.500. The Morgan fingerprint density at radius 1 is 1.50 bits per heavy atom. The van der Waals surface area contributed by atoms with E-state index < -0.39 is 12.1 Å². The number of hydrogen-bond donors (Lipinski definition) is 2. The second kappa shape index (κ2) is 6.09. The van der Waals surface area contributed by atoms with Gasteiger partial charge in [0.15, 0.2) is 0 Å². The number of carboxylic acids is 1. The second-order valence-electron chi connectivity index (χ2n) is 4.76.